The van der Waals surface area contributed by atoms with E-state index in [2.05, 4.69) is 10.3 Å². The number of nitrogens with zero attached hydrogens (tertiary/aromatic N) is 2. The summed E-state index contributed by atoms with van der Waals surface area (Å²) in [5.41, 5.74) is 3.26. The first-order valence-corrected chi connectivity index (χ1v) is 11.3. The topological polar surface area (TPSA) is 80.8 Å². The lowest BCUT2D eigenvalue weighted by atomic mass is 10.0. The van der Waals surface area contributed by atoms with Crippen molar-refractivity contribution in [3.8, 4) is 11.5 Å². The van der Waals surface area contributed by atoms with Crippen LogP contribution in [0, 0.1) is 6.92 Å². The number of carbonyl (C=O) groups is 2. The molecule has 2 amide bonds. The van der Waals surface area contributed by atoms with E-state index in [0.29, 0.717) is 41.8 Å². The molecule has 1 aromatic heterocycles. The van der Waals surface area contributed by atoms with Gasteiger partial charge in [-0.2, -0.15) is 0 Å². The summed E-state index contributed by atoms with van der Waals surface area (Å²) in [4.78, 5) is 32.4. The molecule has 1 aliphatic rings. The number of carbonyl (C=O) groups excluding carboxylic acids is 2. The quantitative estimate of drug-likeness (QED) is 0.559. The van der Waals surface area contributed by atoms with E-state index in [0.717, 1.165) is 16.8 Å². The van der Waals surface area contributed by atoms with Crippen molar-refractivity contribution in [2.75, 3.05) is 19.0 Å². The van der Waals surface area contributed by atoms with Gasteiger partial charge in [-0.25, -0.2) is 4.98 Å². The fourth-order valence-corrected chi connectivity index (χ4v) is 4.50. The highest BCUT2D eigenvalue weighted by Crippen LogP contribution is 2.31. The Balaban J connectivity index is 1.63. The number of thiazole rings is 1. The standard InChI is InChI=1S/C24H25N3O4S/c1-4-31-20-10-9-16(12-21(20)30-3)11-19(22(28)26-24-25-15(2)14-32-24)27-13-17-7-5-6-8-18(17)23(27)29/h5-10,12,14,19H,4,11,13H2,1-3H3,(H,25,26,28). The predicted octanol–water partition coefficient (Wildman–Crippen LogP) is 4.06. The zero-order chi connectivity index (χ0) is 22.7. The zero-order valence-electron chi connectivity index (χ0n) is 18.3. The molecular formula is C24H25N3O4S. The van der Waals surface area contributed by atoms with Gasteiger partial charge < -0.3 is 19.7 Å². The van der Waals surface area contributed by atoms with Crippen molar-refractivity contribution in [1.29, 1.82) is 0 Å². The van der Waals surface area contributed by atoms with Crippen LogP contribution in [0.4, 0.5) is 5.13 Å². The SMILES string of the molecule is CCOc1ccc(CC(C(=O)Nc2nc(C)cs2)N2Cc3ccccc3C2=O)cc1OC. The molecule has 0 saturated heterocycles. The van der Waals surface area contributed by atoms with Crippen molar-refractivity contribution in [2.45, 2.75) is 32.9 Å². The number of fused-ring (bicyclic) bond motifs is 1. The molecule has 8 heteroatoms. The number of rotatable bonds is 8. The summed E-state index contributed by atoms with van der Waals surface area (Å²) < 4.78 is 11.1. The molecule has 166 valence electrons. The Morgan fingerprint density at radius 1 is 1.25 bits per heavy atom. The van der Waals surface area contributed by atoms with Crippen molar-refractivity contribution in [1.82, 2.24) is 9.88 Å². The number of amides is 2. The summed E-state index contributed by atoms with van der Waals surface area (Å²) in [6.07, 6.45) is 0.332. The smallest absolute Gasteiger partial charge is 0.255 e. The van der Waals surface area contributed by atoms with Crippen LogP contribution >= 0.6 is 11.3 Å². The number of aromatic nitrogens is 1. The molecule has 2 heterocycles. The van der Waals surface area contributed by atoms with Crippen molar-refractivity contribution in [3.05, 3.63) is 70.2 Å². The Morgan fingerprint density at radius 3 is 2.75 bits per heavy atom. The number of hydrogen-bond acceptors (Lipinski definition) is 6. The monoisotopic (exact) mass is 451 g/mol. The molecule has 0 saturated carbocycles. The highest BCUT2D eigenvalue weighted by atomic mass is 32.1. The van der Waals surface area contributed by atoms with E-state index in [4.69, 9.17) is 9.47 Å². The minimum absolute atomic E-state index is 0.144. The third kappa shape index (κ3) is 4.45. The maximum atomic E-state index is 13.3. The Bertz CT molecular complexity index is 1140. The van der Waals surface area contributed by atoms with E-state index >= 15 is 0 Å². The predicted molar refractivity (Wildman–Crippen MR) is 123 cm³/mol. The number of ether oxygens (including phenoxy) is 2. The lowest BCUT2D eigenvalue weighted by molar-refractivity contribution is -0.120. The molecule has 0 bridgehead atoms. The van der Waals surface area contributed by atoms with Crippen LogP contribution in [0.2, 0.25) is 0 Å². The molecule has 32 heavy (non-hydrogen) atoms. The van der Waals surface area contributed by atoms with Crippen LogP contribution in [-0.2, 0) is 17.8 Å². The summed E-state index contributed by atoms with van der Waals surface area (Å²) in [6.45, 7) is 4.69. The van der Waals surface area contributed by atoms with Crippen LogP contribution in [0.25, 0.3) is 0 Å². The van der Waals surface area contributed by atoms with Gasteiger partial charge in [-0.05, 0) is 43.2 Å². The van der Waals surface area contributed by atoms with Gasteiger partial charge in [-0.15, -0.1) is 11.3 Å². The van der Waals surface area contributed by atoms with Crippen molar-refractivity contribution in [2.24, 2.45) is 0 Å². The molecule has 1 N–H and O–H groups in total. The number of benzene rings is 2. The lowest BCUT2D eigenvalue weighted by Crippen LogP contribution is -2.45. The lowest BCUT2D eigenvalue weighted by Gasteiger charge is -2.27. The van der Waals surface area contributed by atoms with E-state index < -0.39 is 6.04 Å². The molecule has 0 radical (unpaired) electrons. The van der Waals surface area contributed by atoms with E-state index in [1.165, 1.54) is 11.3 Å². The Morgan fingerprint density at radius 2 is 2.06 bits per heavy atom. The molecule has 2 aromatic carbocycles. The molecule has 0 spiro atoms. The first-order chi connectivity index (χ1) is 15.5. The van der Waals surface area contributed by atoms with Crippen molar-refractivity contribution < 1.29 is 19.1 Å². The van der Waals surface area contributed by atoms with Crippen LogP contribution < -0.4 is 14.8 Å². The fourth-order valence-electron chi connectivity index (χ4n) is 3.81. The normalized spacial score (nSPS) is 13.6. The molecule has 0 aliphatic carbocycles. The van der Waals surface area contributed by atoms with Gasteiger partial charge in [-0.1, -0.05) is 24.3 Å². The molecule has 4 rings (SSSR count). The molecule has 7 nitrogen and oxygen atoms in total. The third-order valence-corrected chi connectivity index (χ3v) is 6.21. The van der Waals surface area contributed by atoms with E-state index in [1.807, 2.05) is 55.6 Å². The highest BCUT2D eigenvalue weighted by Gasteiger charge is 2.36. The van der Waals surface area contributed by atoms with Gasteiger partial charge in [0, 0.05) is 23.9 Å². The second-order valence-corrected chi connectivity index (χ2v) is 8.37. The largest absolute Gasteiger partial charge is 0.493 e. The van der Waals surface area contributed by atoms with Crippen LogP contribution in [0.5, 0.6) is 11.5 Å². The van der Waals surface area contributed by atoms with Gasteiger partial charge in [-0.3, -0.25) is 9.59 Å². The van der Waals surface area contributed by atoms with Crippen LogP contribution in [-0.4, -0.2) is 41.5 Å². The summed E-state index contributed by atoms with van der Waals surface area (Å²) in [5.74, 6) is 0.820. The van der Waals surface area contributed by atoms with Crippen molar-refractivity contribution >= 4 is 28.3 Å². The van der Waals surface area contributed by atoms with E-state index in [-0.39, 0.29) is 11.8 Å². The van der Waals surface area contributed by atoms with Gasteiger partial charge >= 0.3 is 0 Å². The zero-order valence-corrected chi connectivity index (χ0v) is 19.1. The molecule has 1 atom stereocenters. The number of nitrogens with one attached hydrogen (secondary N) is 1. The van der Waals surface area contributed by atoms with Crippen LogP contribution in [0.1, 0.15) is 34.1 Å². The first kappa shape index (κ1) is 21.8. The Kier molecular flexibility index (Phi) is 6.41. The fraction of sp³-hybridized carbons (Fsp3) is 0.292. The minimum atomic E-state index is -0.707. The first-order valence-electron chi connectivity index (χ1n) is 10.4. The summed E-state index contributed by atoms with van der Waals surface area (Å²) in [5, 5.41) is 5.28. The average molecular weight is 452 g/mol. The third-order valence-electron chi connectivity index (χ3n) is 5.33. The average Bonchev–Trinajstić information content (AvgIpc) is 3.35. The second kappa shape index (κ2) is 9.40. The highest BCUT2D eigenvalue weighted by molar-refractivity contribution is 7.13. The maximum Gasteiger partial charge on any atom is 0.255 e. The Hall–Kier alpha value is -3.39. The van der Waals surface area contributed by atoms with Crippen molar-refractivity contribution in [3.63, 3.8) is 0 Å². The van der Waals surface area contributed by atoms with E-state index in [9.17, 15) is 9.59 Å². The van der Waals surface area contributed by atoms with Gasteiger partial charge in [0.15, 0.2) is 16.6 Å². The number of aryl methyl sites for hydroxylation is 1. The Labute approximate surface area is 191 Å². The number of anilines is 1. The summed E-state index contributed by atoms with van der Waals surface area (Å²) in [7, 11) is 1.58. The maximum absolute atomic E-state index is 13.3. The van der Waals surface area contributed by atoms with Gasteiger partial charge in [0.1, 0.15) is 6.04 Å². The molecule has 0 fully saturated rings. The van der Waals surface area contributed by atoms with E-state index in [1.54, 1.807) is 18.1 Å². The minimum Gasteiger partial charge on any atom is -0.493 e. The molecule has 1 unspecified atom stereocenters. The van der Waals surface area contributed by atoms with Gasteiger partial charge in [0.05, 0.1) is 19.4 Å². The summed E-state index contributed by atoms with van der Waals surface area (Å²) >= 11 is 1.36. The molecule has 1 aliphatic heterocycles. The van der Waals surface area contributed by atoms with Crippen LogP contribution in [0.3, 0.4) is 0 Å². The summed E-state index contributed by atoms with van der Waals surface area (Å²) in [6, 6.07) is 12.3. The second-order valence-electron chi connectivity index (χ2n) is 7.51. The van der Waals surface area contributed by atoms with Gasteiger partial charge in [0.2, 0.25) is 5.91 Å². The number of hydrogen-bond donors (Lipinski definition) is 1. The molecular weight excluding hydrogens is 426 g/mol. The molecule has 3 aromatic rings. The van der Waals surface area contributed by atoms with Gasteiger partial charge in [0.25, 0.3) is 5.91 Å². The van der Waals surface area contributed by atoms with Crippen LogP contribution in [0.15, 0.2) is 47.8 Å². The number of methoxy groups -OCH3 is 1.